The summed E-state index contributed by atoms with van der Waals surface area (Å²) < 4.78 is 25.2. The lowest BCUT2D eigenvalue weighted by atomic mass is 10.0. The number of halogens is 1. The number of amides is 1. The number of rotatable bonds is 1. The van der Waals surface area contributed by atoms with Crippen LogP contribution in [0.4, 0.5) is 4.39 Å². The molecule has 0 saturated carbocycles. The minimum atomic E-state index is -0.458. The first kappa shape index (κ1) is 23.2. The molecule has 3 aliphatic heterocycles. The number of nitrogens with zero attached hydrogens (tertiary/aromatic N) is 6. The Kier molecular flexibility index (Phi) is 6.05. The van der Waals surface area contributed by atoms with Crippen molar-refractivity contribution in [3.63, 3.8) is 0 Å². The summed E-state index contributed by atoms with van der Waals surface area (Å²) in [5, 5.41) is 19.0. The lowest BCUT2D eigenvalue weighted by Gasteiger charge is -2.24. The number of likely N-dealkylation sites (N-methyl/N-ethyl adjacent to an activating group) is 1. The van der Waals surface area contributed by atoms with E-state index >= 15 is 4.39 Å². The molecule has 0 saturated heterocycles. The van der Waals surface area contributed by atoms with Crippen LogP contribution in [0.25, 0.3) is 11.1 Å². The van der Waals surface area contributed by atoms with Crippen molar-refractivity contribution in [2.45, 2.75) is 32.1 Å². The lowest BCUT2D eigenvalue weighted by molar-refractivity contribution is 0.0958. The van der Waals surface area contributed by atoms with Crippen LogP contribution in [0.5, 0.6) is 5.75 Å². The number of carbonyl (C=O) groups excluding carboxylic acids is 1. The summed E-state index contributed by atoms with van der Waals surface area (Å²) >= 11 is 0. The molecule has 2 bridgehead atoms. The molecule has 37 heavy (non-hydrogen) atoms. The highest BCUT2D eigenvalue weighted by atomic mass is 19.1. The molecule has 0 radical (unpaired) electrons. The maximum atomic E-state index is 15.5. The molecule has 1 atom stereocenters. The Morgan fingerprint density at radius 1 is 1.16 bits per heavy atom. The molecule has 1 aromatic carbocycles. The summed E-state index contributed by atoms with van der Waals surface area (Å²) in [4.78, 5) is 15.7. The van der Waals surface area contributed by atoms with E-state index in [0.717, 1.165) is 24.6 Å². The molecule has 1 unspecified atom stereocenters. The highest BCUT2D eigenvalue weighted by Gasteiger charge is 2.25. The van der Waals surface area contributed by atoms with Crippen molar-refractivity contribution >= 4 is 5.91 Å². The zero-order valence-corrected chi connectivity index (χ0v) is 20.4. The van der Waals surface area contributed by atoms with Gasteiger partial charge in [-0.2, -0.15) is 5.10 Å². The van der Waals surface area contributed by atoms with Gasteiger partial charge < -0.3 is 19.9 Å². The zero-order valence-electron chi connectivity index (χ0n) is 20.4. The number of dihydropyridines is 1. The predicted octanol–water partition coefficient (Wildman–Crippen LogP) is 2.54. The fourth-order valence-electron chi connectivity index (χ4n) is 4.79. The van der Waals surface area contributed by atoms with Crippen LogP contribution < -0.4 is 15.4 Å². The molecule has 0 spiro atoms. The maximum Gasteiger partial charge on any atom is 0.260 e. The third-order valence-electron chi connectivity index (χ3n) is 6.73. The fraction of sp³-hybridized carbons (Fsp3) is 0.308. The van der Waals surface area contributed by atoms with Crippen LogP contribution in [0.15, 0.2) is 60.9 Å². The molecule has 6 rings (SSSR count). The van der Waals surface area contributed by atoms with Crippen molar-refractivity contribution in [1.82, 2.24) is 40.1 Å². The van der Waals surface area contributed by atoms with Gasteiger partial charge in [0.2, 0.25) is 0 Å². The van der Waals surface area contributed by atoms with Gasteiger partial charge >= 0.3 is 0 Å². The second-order valence-corrected chi connectivity index (χ2v) is 9.29. The van der Waals surface area contributed by atoms with E-state index in [1.165, 1.54) is 6.07 Å². The first-order valence-electron chi connectivity index (χ1n) is 12.3. The Labute approximate surface area is 213 Å². The van der Waals surface area contributed by atoms with Gasteiger partial charge in [0.25, 0.3) is 5.91 Å². The number of fused-ring (bicyclic) bond motifs is 6. The van der Waals surface area contributed by atoms with Crippen LogP contribution in [0.1, 0.15) is 34.3 Å². The molecule has 1 amide bonds. The molecule has 0 fully saturated rings. The fourth-order valence-corrected chi connectivity index (χ4v) is 4.79. The summed E-state index contributed by atoms with van der Waals surface area (Å²) in [6, 6.07) is 2.60. The van der Waals surface area contributed by atoms with E-state index < -0.39 is 11.7 Å². The molecule has 10 nitrogen and oxygen atoms in total. The van der Waals surface area contributed by atoms with Crippen LogP contribution in [0.3, 0.4) is 0 Å². The first-order chi connectivity index (χ1) is 18.1. The number of hydrogen-bond donors (Lipinski definition) is 2. The summed E-state index contributed by atoms with van der Waals surface area (Å²) in [5.41, 5.74) is 2.17. The van der Waals surface area contributed by atoms with E-state index in [4.69, 9.17) is 4.74 Å². The third kappa shape index (κ3) is 4.53. The van der Waals surface area contributed by atoms with Gasteiger partial charge in [0.1, 0.15) is 29.8 Å². The quantitative estimate of drug-likeness (QED) is 0.493. The molecule has 3 aliphatic rings. The van der Waals surface area contributed by atoms with E-state index in [1.807, 2.05) is 40.6 Å². The Morgan fingerprint density at radius 3 is 3.00 bits per heavy atom. The molecule has 190 valence electrons. The maximum absolute atomic E-state index is 15.5. The second kappa shape index (κ2) is 9.66. The van der Waals surface area contributed by atoms with Crippen molar-refractivity contribution in [3.8, 4) is 16.9 Å². The summed E-state index contributed by atoms with van der Waals surface area (Å²) in [6.45, 7) is 3.15. The molecule has 2 N–H and O–H groups in total. The van der Waals surface area contributed by atoms with Gasteiger partial charge in [0.05, 0.1) is 30.6 Å². The van der Waals surface area contributed by atoms with Crippen molar-refractivity contribution < 1.29 is 13.9 Å². The van der Waals surface area contributed by atoms with E-state index in [-0.39, 0.29) is 17.4 Å². The first-order valence-corrected chi connectivity index (χ1v) is 12.3. The van der Waals surface area contributed by atoms with Gasteiger partial charge in [-0.1, -0.05) is 24.3 Å². The molecule has 5 heterocycles. The van der Waals surface area contributed by atoms with E-state index in [1.54, 1.807) is 24.7 Å². The van der Waals surface area contributed by atoms with Gasteiger partial charge in [-0.3, -0.25) is 14.4 Å². The number of allylic oxidation sites excluding steroid dienone is 3. The second-order valence-electron chi connectivity index (χ2n) is 9.29. The highest BCUT2D eigenvalue weighted by molar-refractivity contribution is 5.99. The number of ether oxygens (including phenoxy) is 1. The van der Waals surface area contributed by atoms with E-state index in [9.17, 15) is 4.79 Å². The molecule has 2 aromatic heterocycles. The van der Waals surface area contributed by atoms with Gasteiger partial charge in [-0.05, 0) is 25.6 Å². The van der Waals surface area contributed by atoms with Crippen molar-refractivity contribution in [2.24, 2.45) is 0 Å². The number of hydrogen-bond acceptors (Lipinski definition) is 7. The number of carbonyl (C=O) groups is 1. The Bertz CT molecular complexity index is 1440. The average Bonchev–Trinajstić information content (AvgIpc) is 3.53. The van der Waals surface area contributed by atoms with Crippen LogP contribution >= 0.6 is 0 Å². The molecule has 0 aliphatic carbocycles. The van der Waals surface area contributed by atoms with E-state index in [2.05, 4.69) is 30.8 Å². The number of aromatic nitrogens is 5. The van der Waals surface area contributed by atoms with Crippen LogP contribution in [0.2, 0.25) is 0 Å². The molecule has 11 heteroatoms. The largest absolute Gasteiger partial charge is 0.492 e. The highest BCUT2D eigenvalue weighted by Crippen LogP contribution is 2.34. The van der Waals surface area contributed by atoms with Crippen molar-refractivity contribution in [1.29, 1.82) is 0 Å². The molecular weight excluding hydrogens is 475 g/mol. The number of benzene rings is 1. The average molecular weight is 503 g/mol. The van der Waals surface area contributed by atoms with Gasteiger partial charge in [-0.15, -0.1) is 10.2 Å². The third-order valence-corrected chi connectivity index (χ3v) is 6.73. The Hall–Kier alpha value is -4.25. The SMILES string of the molecule is CN1CCn2ncc(-c3cc4c(cc3F)OCC/C=C\Cn3cnnc3C3C=CC=C(NC4=O)N3)c2C1. The van der Waals surface area contributed by atoms with Crippen molar-refractivity contribution in [2.75, 3.05) is 20.2 Å². The lowest BCUT2D eigenvalue weighted by Crippen LogP contribution is -2.35. The monoisotopic (exact) mass is 502 g/mol. The van der Waals surface area contributed by atoms with Crippen LogP contribution in [0, 0.1) is 5.82 Å². The van der Waals surface area contributed by atoms with Gasteiger partial charge in [0.15, 0.2) is 5.82 Å². The summed E-state index contributed by atoms with van der Waals surface area (Å²) in [5.74, 6) is 0.557. The summed E-state index contributed by atoms with van der Waals surface area (Å²) in [7, 11) is 2.02. The summed E-state index contributed by atoms with van der Waals surface area (Å²) in [6.07, 6.45) is 13.5. The van der Waals surface area contributed by atoms with Crippen LogP contribution in [-0.4, -0.2) is 55.6 Å². The number of nitrogens with one attached hydrogen (secondary N) is 2. The Morgan fingerprint density at radius 2 is 2.08 bits per heavy atom. The van der Waals surface area contributed by atoms with Gasteiger partial charge in [0, 0.05) is 36.8 Å². The smallest absolute Gasteiger partial charge is 0.260 e. The van der Waals surface area contributed by atoms with E-state index in [0.29, 0.717) is 43.1 Å². The standard InChI is InChI=1S/C26H27FN8O2/c1-33-9-10-35-22(15-33)19(14-29-35)17-12-18-23(13-20(17)27)37-11-4-2-3-8-34-16-28-32-25(34)21-6-5-7-24(30-21)31-26(18)36/h2-3,5-7,12-14,16,21,30H,4,8-11,15H2,1H3,(H,31,36)/b3-2-. The van der Waals surface area contributed by atoms with Crippen molar-refractivity contribution in [3.05, 3.63) is 83.8 Å². The van der Waals surface area contributed by atoms with Gasteiger partial charge in [-0.25, -0.2) is 4.39 Å². The van der Waals surface area contributed by atoms with Crippen LogP contribution in [-0.2, 0) is 19.6 Å². The zero-order chi connectivity index (χ0) is 25.4. The Balaban J connectivity index is 1.37. The normalized spacial score (nSPS) is 20.6. The minimum absolute atomic E-state index is 0.195. The molecular formula is C26H27FN8O2. The minimum Gasteiger partial charge on any atom is -0.492 e. The predicted molar refractivity (Wildman–Crippen MR) is 134 cm³/mol. The topological polar surface area (TPSA) is 102 Å². The molecule has 3 aromatic rings.